The van der Waals surface area contributed by atoms with E-state index in [4.69, 9.17) is 16.3 Å². The molecule has 1 fully saturated rings. The Labute approximate surface area is 162 Å². The Bertz CT molecular complexity index is 807. The Hall–Kier alpha value is -2.37. The van der Waals surface area contributed by atoms with Crippen LogP contribution in [0.5, 0.6) is 5.75 Å². The van der Waals surface area contributed by atoms with E-state index in [1.165, 1.54) is 12.1 Å². The summed E-state index contributed by atoms with van der Waals surface area (Å²) in [5.41, 5.74) is 1.25. The van der Waals surface area contributed by atoms with E-state index in [9.17, 15) is 14.3 Å². The highest BCUT2D eigenvalue weighted by Gasteiger charge is 2.32. The average Bonchev–Trinajstić information content (AvgIpc) is 2.69. The van der Waals surface area contributed by atoms with Crippen molar-refractivity contribution < 1.29 is 19.0 Å². The Morgan fingerprint density at radius 1 is 1.15 bits per heavy atom. The summed E-state index contributed by atoms with van der Waals surface area (Å²) in [5, 5.41) is 10.4. The fourth-order valence-corrected chi connectivity index (χ4v) is 3.19. The van der Waals surface area contributed by atoms with Crippen LogP contribution in [0.3, 0.4) is 0 Å². The van der Waals surface area contributed by atoms with Gasteiger partial charge in [-0.1, -0.05) is 23.7 Å². The van der Waals surface area contributed by atoms with Crippen molar-refractivity contribution in [1.82, 2.24) is 9.80 Å². The van der Waals surface area contributed by atoms with Gasteiger partial charge in [0.15, 0.2) is 0 Å². The first kappa shape index (κ1) is 19.4. The third kappa shape index (κ3) is 4.87. The van der Waals surface area contributed by atoms with Gasteiger partial charge in [-0.15, -0.1) is 0 Å². The minimum Gasteiger partial charge on any atom is -0.478 e. The number of hydrogen-bond donors (Lipinski definition) is 1. The van der Waals surface area contributed by atoms with E-state index < -0.39 is 6.04 Å². The van der Waals surface area contributed by atoms with Crippen molar-refractivity contribution in [1.29, 1.82) is 0 Å². The standard InChI is InChI=1S/C20H20ClFN2O3/c21-16-3-7-18(8-4-16)27-14-24-10-9-23(19(12-25)20(24)13-26)11-15-1-5-17(22)6-2-15/h1-8,20,26H,9-11,13-14H2. The monoisotopic (exact) mass is 390 g/mol. The van der Waals surface area contributed by atoms with Gasteiger partial charge in [-0.25, -0.2) is 9.18 Å². The second-order valence-corrected chi connectivity index (χ2v) is 6.71. The van der Waals surface area contributed by atoms with Crippen LogP contribution in [0, 0.1) is 5.82 Å². The molecule has 0 spiro atoms. The van der Waals surface area contributed by atoms with E-state index >= 15 is 0 Å². The number of nitrogens with zero attached hydrogens (tertiary/aromatic N) is 2. The van der Waals surface area contributed by atoms with Crippen molar-refractivity contribution >= 4 is 17.5 Å². The summed E-state index contributed by atoms with van der Waals surface area (Å²) in [4.78, 5) is 15.3. The molecule has 0 amide bonds. The molecule has 1 aliphatic heterocycles. The van der Waals surface area contributed by atoms with Gasteiger partial charge < -0.3 is 14.7 Å². The normalized spacial score (nSPS) is 17.7. The molecule has 1 atom stereocenters. The van der Waals surface area contributed by atoms with Gasteiger partial charge in [-0.3, -0.25) is 4.90 Å². The summed E-state index contributed by atoms with van der Waals surface area (Å²) in [6.07, 6.45) is 0. The van der Waals surface area contributed by atoms with Crippen LogP contribution in [0.15, 0.2) is 54.2 Å². The molecule has 1 saturated heterocycles. The Kier molecular flexibility index (Phi) is 6.48. The molecule has 3 rings (SSSR count). The number of aliphatic hydroxyl groups excluding tert-OH is 1. The second-order valence-electron chi connectivity index (χ2n) is 6.27. The summed E-state index contributed by atoms with van der Waals surface area (Å²) in [5.74, 6) is 2.32. The molecule has 1 N–H and O–H groups in total. The lowest BCUT2D eigenvalue weighted by molar-refractivity contribution is 0.0236. The first-order valence-corrected chi connectivity index (χ1v) is 8.96. The van der Waals surface area contributed by atoms with E-state index in [0.29, 0.717) is 36.1 Å². The molecule has 1 aliphatic rings. The molecule has 0 bridgehead atoms. The lowest BCUT2D eigenvalue weighted by atomic mass is 10.1. The van der Waals surface area contributed by atoms with E-state index in [2.05, 4.69) is 0 Å². The van der Waals surface area contributed by atoms with E-state index in [0.717, 1.165) is 5.56 Å². The van der Waals surface area contributed by atoms with Gasteiger partial charge in [-0.2, -0.15) is 0 Å². The van der Waals surface area contributed by atoms with Crippen molar-refractivity contribution in [3.8, 4) is 5.75 Å². The van der Waals surface area contributed by atoms with Gasteiger partial charge in [0.25, 0.3) is 0 Å². The van der Waals surface area contributed by atoms with Crippen LogP contribution < -0.4 is 4.74 Å². The summed E-state index contributed by atoms with van der Waals surface area (Å²) in [6, 6.07) is 12.6. The van der Waals surface area contributed by atoms with Gasteiger partial charge in [-0.05, 0) is 42.0 Å². The molecule has 142 valence electrons. The molecule has 5 nitrogen and oxygen atoms in total. The van der Waals surface area contributed by atoms with Crippen molar-refractivity contribution in [3.63, 3.8) is 0 Å². The van der Waals surface area contributed by atoms with E-state index in [-0.39, 0.29) is 19.2 Å². The topological polar surface area (TPSA) is 53.0 Å². The highest BCUT2D eigenvalue weighted by Crippen LogP contribution is 2.22. The molecule has 1 unspecified atom stereocenters. The highest BCUT2D eigenvalue weighted by molar-refractivity contribution is 6.30. The predicted octanol–water partition coefficient (Wildman–Crippen LogP) is 2.71. The molecule has 27 heavy (non-hydrogen) atoms. The Morgan fingerprint density at radius 3 is 2.48 bits per heavy atom. The molecule has 0 saturated carbocycles. The third-order valence-electron chi connectivity index (χ3n) is 4.53. The quantitative estimate of drug-likeness (QED) is 0.769. The number of ether oxygens (including phenoxy) is 1. The maximum Gasteiger partial charge on any atom is 0.147 e. The van der Waals surface area contributed by atoms with Crippen molar-refractivity contribution in [3.05, 3.63) is 70.6 Å². The molecule has 0 radical (unpaired) electrons. The second kappa shape index (κ2) is 9.02. The average molecular weight is 391 g/mol. The fourth-order valence-electron chi connectivity index (χ4n) is 3.06. The molecule has 1 heterocycles. The largest absolute Gasteiger partial charge is 0.478 e. The lowest BCUT2D eigenvalue weighted by Crippen LogP contribution is -2.53. The SMILES string of the molecule is O=C=C1C(CO)N(COc2ccc(Cl)cc2)CCN1Cc1ccc(F)cc1. The molecular weight excluding hydrogens is 371 g/mol. The van der Waals surface area contributed by atoms with Crippen LogP contribution in [-0.4, -0.2) is 53.3 Å². The van der Waals surface area contributed by atoms with Crippen LogP contribution in [0.1, 0.15) is 5.56 Å². The number of piperazine rings is 1. The maximum atomic E-state index is 13.1. The maximum absolute atomic E-state index is 13.1. The first-order chi connectivity index (χ1) is 13.1. The van der Waals surface area contributed by atoms with Crippen LogP contribution >= 0.6 is 11.6 Å². The molecule has 7 heteroatoms. The van der Waals surface area contributed by atoms with Crippen LogP contribution in [-0.2, 0) is 11.3 Å². The van der Waals surface area contributed by atoms with Gasteiger partial charge in [0.05, 0.1) is 12.6 Å². The van der Waals surface area contributed by atoms with E-state index in [1.54, 1.807) is 36.4 Å². The van der Waals surface area contributed by atoms with Gasteiger partial charge in [0.2, 0.25) is 0 Å². The zero-order valence-corrected chi connectivity index (χ0v) is 15.4. The number of carbonyl (C=O) groups excluding carboxylic acids is 1. The number of benzene rings is 2. The minimum atomic E-state index is -0.510. The number of hydrogen-bond acceptors (Lipinski definition) is 5. The molecule has 0 aromatic heterocycles. The zero-order valence-electron chi connectivity index (χ0n) is 14.6. The summed E-state index contributed by atoms with van der Waals surface area (Å²) in [7, 11) is 0. The first-order valence-electron chi connectivity index (χ1n) is 8.58. The smallest absolute Gasteiger partial charge is 0.147 e. The highest BCUT2D eigenvalue weighted by atomic mass is 35.5. The van der Waals surface area contributed by atoms with Gasteiger partial charge in [0.1, 0.15) is 29.9 Å². The summed E-state index contributed by atoms with van der Waals surface area (Å²) in [6.45, 7) is 1.62. The van der Waals surface area contributed by atoms with Crippen LogP contribution in [0.4, 0.5) is 4.39 Å². The van der Waals surface area contributed by atoms with Gasteiger partial charge >= 0.3 is 0 Å². The van der Waals surface area contributed by atoms with Crippen molar-refractivity contribution in [2.45, 2.75) is 12.6 Å². The number of rotatable bonds is 6. The fraction of sp³-hybridized carbons (Fsp3) is 0.300. The third-order valence-corrected chi connectivity index (χ3v) is 4.78. The summed E-state index contributed by atoms with van der Waals surface area (Å²) < 4.78 is 18.8. The predicted molar refractivity (Wildman–Crippen MR) is 101 cm³/mol. The summed E-state index contributed by atoms with van der Waals surface area (Å²) >= 11 is 5.86. The van der Waals surface area contributed by atoms with E-state index in [1.807, 2.05) is 15.7 Å². The van der Waals surface area contributed by atoms with Gasteiger partial charge in [0, 0.05) is 24.7 Å². The molecule has 2 aromatic carbocycles. The number of aliphatic hydroxyl groups is 1. The Morgan fingerprint density at radius 2 is 1.85 bits per heavy atom. The Balaban J connectivity index is 1.66. The van der Waals surface area contributed by atoms with Crippen LogP contribution in [0.25, 0.3) is 0 Å². The molecule has 2 aromatic rings. The minimum absolute atomic E-state index is 0.225. The number of halogens is 2. The van der Waals surface area contributed by atoms with Crippen molar-refractivity contribution in [2.75, 3.05) is 26.4 Å². The zero-order chi connectivity index (χ0) is 19.2. The molecular formula is C20H20ClFN2O3. The lowest BCUT2D eigenvalue weighted by Gasteiger charge is -2.41. The van der Waals surface area contributed by atoms with Crippen LogP contribution in [0.2, 0.25) is 5.02 Å². The van der Waals surface area contributed by atoms with Crippen molar-refractivity contribution in [2.24, 2.45) is 0 Å². The molecule has 0 aliphatic carbocycles.